The number of amides is 1. The molecule has 23 heavy (non-hydrogen) atoms. The predicted molar refractivity (Wildman–Crippen MR) is 90.2 cm³/mol. The van der Waals surface area contributed by atoms with Gasteiger partial charge in [0.25, 0.3) is 5.91 Å². The minimum atomic E-state index is -4.24. The second kappa shape index (κ2) is 7.45. The lowest BCUT2D eigenvalue weighted by molar-refractivity contribution is -0.118. The molecule has 0 bridgehead atoms. The van der Waals surface area contributed by atoms with E-state index in [1.165, 1.54) is 36.4 Å². The number of benzene rings is 2. The molecule has 0 aliphatic rings. The third-order valence-electron chi connectivity index (χ3n) is 2.69. The number of nitrogens with one attached hydrogen (secondary N) is 1. The van der Waals surface area contributed by atoms with Crippen molar-refractivity contribution in [2.45, 2.75) is 0 Å². The van der Waals surface area contributed by atoms with E-state index in [-0.39, 0.29) is 11.1 Å². The molecule has 2 aromatic rings. The molecule has 0 spiro atoms. The Labute approximate surface area is 142 Å². The molecule has 0 saturated heterocycles. The summed E-state index contributed by atoms with van der Waals surface area (Å²) in [5.41, 5.74) is 0.401. The van der Waals surface area contributed by atoms with Crippen molar-refractivity contribution in [2.75, 3.05) is 11.9 Å². The van der Waals surface area contributed by atoms with E-state index in [0.717, 1.165) is 0 Å². The summed E-state index contributed by atoms with van der Waals surface area (Å²) in [7, 11) is -4.24. The molecular weight excluding hydrogens is 364 g/mol. The Kier molecular flexibility index (Phi) is 5.81. The summed E-state index contributed by atoms with van der Waals surface area (Å²) in [6.45, 7) is -0.402. The Morgan fingerprint density at radius 1 is 1.09 bits per heavy atom. The first-order chi connectivity index (χ1) is 10.8. The standard InChI is InChI=1S/C14H12Cl2NO5P/c15-9-5-10(16)7-11(6-9)17-14(18)8-22-12-3-1-2-4-13(12)23(19,20)21/h1-7,19-21H,8H2/p+1. The molecule has 0 saturated carbocycles. The lowest BCUT2D eigenvalue weighted by Crippen LogP contribution is -2.23. The highest BCUT2D eigenvalue weighted by molar-refractivity contribution is 7.67. The van der Waals surface area contributed by atoms with E-state index >= 15 is 0 Å². The van der Waals surface area contributed by atoms with Gasteiger partial charge < -0.3 is 10.1 Å². The maximum absolute atomic E-state index is 11.9. The Morgan fingerprint density at radius 3 is 2.30 bits per heavy atom. The van der Waals surface area contributed by atoms with Crippen molar-refractivity contribution in [3.63, 3.8) is 0 Å². The number of hydrogen-bond donors (Lipinski definition) is 4. The van der Waals surface area contributed by atoms with Gasteiger partial charge in [0.15, 0.2) is 12.4 Å². The summed E-state index contributed by atoms with van der Waals surface area (Å²) in [5, 5.41) is 3.11. The summed E-state index contributed by atoms with van der Waals surface area (Å²) >= 11 is 11.7. The first-order valence-corrected chi connectivity index (χ1v) is 8.71. The maximum atomic E-state index is 11.9. The molecule has 122 valence electrons. The maximum Gasteiger partial charge on any atom is 0.444 e. The molecule has 9 heteroatoms. The molecule has 0 fully saturated rings. The van der Waals surface area contributed by atoms with Gasteiger partial charge in [0.1, 0.15) is 0 Å². The monoisotopic (exact) mass is 376 g/mol. The molecule has 0 heterocycles. The third-order valence-corrected chi connectivity index (χ3v) is 4.15. The minimum absolute atomic E-state index is 0.00705. The number of halogens is 2. The second-order valence-corrected chi connectivity index (χ2v) is 7.02. The fraction of sp³-hybridized carbons (Fsp3) is 0.0714. The summed E-state index contributed by atoms with van der Waals surface area (Å²) in [5.74, 6) is -0.497. The van der Waals surface area contributed by atoms with Crippen LogP contribution >= 0.6 is 31.1 Å². The van der Waals surface area contributed by atoms with Crippen LogP contribution in [0.15, 0.2) is 42.5 Å². The quantitative estimate of drug-likeness (QED) is 0.600. The van der Waals surface area contributed by atoms with Crippen LogP contribution in [0.5, 0.6) is 5.75 Å². The van der Waals surface area contributed by atoms with E-state index < -0.39 is 20.5 Å². The number of carbonyl (C=O) groups is 1. The van der Waals surface area contributed by atoms with Crippen LogP contribution in [0, 0.1) is 0 Å². The number of carbonyl (C=O) groups excluding carboxylic acids is 1. The van der Waals surface area contributed by atoms with Gasteiger partial charge in [0, 0.05) is 15.7 Å². The number of hydrogen-bond acceptors (Lipinski definition) is 5. The van der Waals surface area contributed by atoms with Crippen molar-refractivity contribution in [3.8, 4) is 5.75 Å². The lowest BCUT2D eigenvalue weighted by atomic mass is 10.3. The Morgan fingerprint density at radius 2 is 1.70 bits per heavy atom. The molecule has 1 amide bonds. The zero-order valence-corrected chi connectivity index (χ0v) is 14.0. The highest BCUT2D eigenvalue weighted by Crippen LogP contribution is 2.45. The molecule has 0 aliphatic carbocycles. The van der Waals surface area contributed by atoms with Gasteiger partial charge in [-0.3, -0.25) is 4.79 Å². The van der Waals surface area contributed by atoms with Gasteiger partial charge in [0.05, 0.1) is 0 Å². The first-order valence-electron chi connectivity index (χ1n) is 6.31. The van der Waals surface area contributed by atoms with Crippen LogP contribution in [0.4, 0.5) is 5.69 Å². The van der Waals surface area contributed by atoms with Crippen LogP contribution in [-0.2, 0) is 4.79 Å². The van der Waals surface area contributed by atoms with Gasteiger partial charge in [-0.25, -0.2) is 0 Å². The first kappa shape index (κ1) is 17.9. The van der Waals surface area contributed by atoms with Crippen molar-refractivity contribution < 1.29 is 24.2 Å². The fourth-order valence-corrected chi connectivity index (χ4v) is 3.04. The molecular formula is C14H13Cl2NO5P+. The van der Waals surface area contributed by atoms with Gasteiger partial charge in [-0.15, -0.1) is 0 Å². The van der Waals surface area contributed by atoms with E-state index in [2.05, 4.69) is 5.32 Å². The van der Waals surface area contributed by atoms with Crippen molar-refractivity contribution in [1.82, 2.24) is 0 Å². The molecule has 2 rings (SSSR count). The number of rotatable bonds is 5. The van der Waals surface area contributed by atoms with Gasteiger partial charge in [0.2, 0.25) is 5.30 Å². The summed E-state index contributed by atoms with van der Waals surface area (Å²) in [4.78, 5) is 39.9. The van der Waals surface area contributed by atoms with Gasteiger partial charge in [-0.05, 0) is 30.3 Å². The summed E-state index contributed by atoms with van der Waals surface area (Å²) in [6, 6.07) is 10.4. The molecule has 4 N–H and O–H groups in total. The van der Waals surface area contributed by atoms with Crippen molar-refractivity contribution in [2.24, 2.45) is 0 Å². The highest BCUT2D eigenvalue weighted by atomic mass is 35.5. The average Bonchev–Trinajstić information content (AvgIpc) is 2.43. The van der Waals surface area contributed by atoms with Gasteiger partial charge >= 0.3 is 7.94 Å². The van der Waals surface area contributed by atoms with Crippen LogP contribution < -0.4 is 15.4 Å². The lowest BCUT2D eigenvalue weighted by Gasteiger charge is -2.11. The molecule has 0 radical (unpaired) electrons. The molecule has 2 aromatic carbocycles. The summed E-state index contributed by atoms with van der Waals surface area (Å²) in [6.07, 6.45) is 0. The third kappa shape index (κ3) is 5.32. The van der Waals surface area contributed by atoms with Crippen molar-refractivity contribution in [1.29, 1.82) is 0 Å². The average molecular weight is 377 g/mol. The molecule has 0 aromatic heterocycles. The van der Waals surface area contributed by atoms with Crippen LogP contribution in [0.3, 0.4) is 0 Å². The van der Waals surface area contributed by atoms with E-state index in [0.29, 0.717) is 15.7 Å². The van der Waals surface area contributed by atoms with E-state index in [9.17, 15) is 19.5 Å². The second-order valence-electron chi connectivity index (χ2n) is 4.53. The highest BCUT2D eigenvalue weighted by Gasteiger charge is 2.37. The van der Waals surface area contributed by atoms with Crippen molar-refractivity contribution in [3.05, 3.63) is 52.5 Å². The topological polar surface area (TPSA) is 99.0 Å². The zero-order valence-electron chi connectivity index (χ0n) is 11.6. The SMILES string of the molecule is O=C(COc1ccccc1[P+](O)(O)O)Nc1cc(Cl)cc(Cl)c1. The Hall–Kier alpha value is -1.40. The Balaban J connectivity index is 2.03. The molecule has 6 nitrogen and oxygen atoms in total. The predicted octanol–water partition coefficient (Wildman–Crippen LogP) is 2.38. The number of para-hydroxylation sites is 1. The zero-order chi connectivity index (χ0) is 17.0. The Bertz CT molecular complexity index is 700. The van der Waals surface area contributed by atoms with E-state index in [4.69, 9.17) is 27.9 Å². The van der Waals surface area contributed by atoms with Crippen molar-refractivity contribution >= 4 is 48.0 Å². The van der Waals surface area contributed by atoms with Crippen LogP contribution in [0.25, 0.3) is 0 Å². The number of anilines is 1. The number of ether oxygens (including phenoxy) is 1. The molecule has 0 unspecified atom stereocenters. The van der Waals surface area contributed by atoms with Gasteiger partial charge in [-0.2, -0.15) is 14.7 Å². The smallest absolute Gasteiger partial charge is 0.444 e. The normalized spacial score (nSPS) is 11.2. The van der Waals surface area contributed by atoms with Gasteiger partial charge in [-0.1, -0.05) is 35.3 Å². The minimum Gasteiger partial charge on any atom is -0.479 e. The molecule has 0 atom stereocenters. The fourth-order valence-electron chi connectivity index (χ4n) is 1.79. The van der Waals surface area contributed by atoms with Crippen LogP contribution in [0.2, 0.25) is 10.0 Å². The van der Waals surface area contributed by atoms with Crippen LogP contribution in [-0.4, -0.2) is 27.2 Å². The van der Waals surface area contributed by atoms with E-state index in [1.54, 1.807) is 6.07 Å². The van der Waals surface area contributed by atoms with E-state index in [1.807, 2.05) is 0 Å². The largest absolute Gasteiger partial charge is 0.479 e. The van der Waals surface area contributed by atoms with Crippen LogP contribution in [0.1, 0.15) is 0 Å². The summed E-state index contributed by atoms with van der Waals surface area (Å²) < 4.78 is 5.23. The molecule has 0 aliphatic heterocycles.